The minimum absolute atomic E-state index is 0.173. The number of benzene rings is 2. The molecule has 2 aromatic carbocycles. The Morgan fingerprint density at radius 2 is 1.68 bits per heavy atom. The smallest absolute Gasteiger partial charge is 0.194 e. The molecule has 2 aliphatic heterocycles. The van der Waals surface area contributed by atoms with Crippen molar-refractivity contribution in [3.8, 4) is 11.1 Å². The quantitative estimate of drug-likeness (QED) is 0.688. The van der Waals surface area contributed by atoms with Crippen LogP contribution in [-0.4, -0.2) is 43.4 Å². The Hall–Kier alpha value is -2.13. The Kier molecular flexibility index (Phi) is 2.37. The lowest BCUT2D eigenvalue weighted by molar-refractivity contribution is 0.0827. The molecule has 2 heterocycles. The van der Waals surface area contributed by atoms with E-state index < -0.39 is 0 Å². The molecule has 0 bridgehead atoms. The third-order valence-electron chi connectivity index (χ3n) is 5.57. The number of rotatable bonds is 1. The lowest BCUT2D eigenvalue weighted by atomic mass is 9.93. The summed E-state index contributed by atoms with van der Waals surface area (Å²) in [5.74, 6) is 0.970. The molecule has 1 aliphatic carbocycles. The van der Waals surface area contributed by atoms with Gasteiger partial charge in [0, 0.05) is 48.4 Å². The Balaban J connectivity index is 1.53. The average molecular weight is 290 g/mol. The van der Waals surface area contributed by atoms with Gasteiger partial charge >= 0.3 is 0 Å². The van der Waals surface area contributed by atoms with Crippen LogP contribution in [0.3, 0.4) is 0 Å². The molecule has 0 amide bonds. The lowest BCUT2D eigenvalue weighted by Crippen LogP contribution is -2.52. The van der Waals surface area contributed by atoms with Crippen LogP contribution in [0.1, 0.15) is 15.9 Å². The van der Waals surface area contributed by atoms with Gasteiger partial charge in [0.15, 0.2) is 5.78 Å². The van der Waals surface area contributed by atoms with Gasteiger partial charge in [-0.3, -0.25) is 4.79 Å². The van der Waals surface area contributed by atoms with Crippen molar-refractivity contribution in [3.63, 3.8) is 0 Å². The van der Waals surface area contributed by atoms with Gasteiger partial charge in [0.2, 0.25) is 0 Å². The normalized spacial score (nSPS) is 25.7. The van der Waals surface area contributed by atoms with Gasteiger partial charge in [0.05, 0.1) is 0 Å². The van der Waals surface area contributed by atoms with Crippen molar-refractivity contribution in [3.05, 3.63) is 53.6 Å². The van der Waals surface area contributed by atoms with E-state index in [0.29, 0.717) is 6.04 Å². The van der Waals surface area contributed by atoms with Gasteiger partial charge in [-0.2, -0.15) is 0 Å². The van der Waals surface area contributed by atoms with Gasteiger partial charge in [-0.15, -0.1) is 0 Å². The highest BCUT2D eigenvalue weighted by Crippen LogP contribution is 2.40. The van der Waals surface area contributed by atoms with E-state index in [9.17, 15) is 4.79 Å². The van der Waals surface area contributed by atoms with E-state index in [1.165, 1.54) is 12.2 Å². The molecular formula is C19H18N2O. The van der Waals surface area contributed by atoms with Crippen molar-refractivity contribution in [1.82, 2.24) is 4.90 Å². The van der Waals surface area contributed by atoms with E-state index in [1.54, 1.807) is 0 Å². The van der Waals surface area contributed by atoms with Gasteiger partial charge < -0.3 is 9.80 Å². The number of anilines is 1. The van der Waals surface area contributed by atoms with Crippen LogP contribution in [0.4, 0.5) is 5.69 Å². The number of likely N-dealkylation sites (N-methyl/N-ethyl adjacent to an activating group) is 1. The summed E-state index contributed by atoms with van der Waals surface area (Å²) in [6.07, 6.45) is 0. The summed E-state index contributed by atoms with van der Waals surface area (Å²) in [6.45, 7) is 3.41. The molecule has 2 saturated heterocycles. The minimum Gasteiger partial charge on any atom is -0.370 e. The third kappa shape index (κ3) is 1.52. The summed E-state index contributed by atoms with van der Waals surface area (Å²) < 4.78 is 0. The summed E-state index contributed by atoms with van der Waals surface area (Å²) in [5.41, 5.74) is 5.07. The fourth-order valence-corrected chi connectivity index (χ4v) is 4.32. The summed E-state index contributed by atoms with van der Waals surface area (Å²) in [4.78, 5) is 17.5. The predicted molar refractivity (Wildman–Crippen MR) is 87.4 cm³/mol. The number of hydrogen-bond donors (Lipinski definition) is 0. The van der Waals surface area contributed by atoms with Crippen LogP contribution in [0.15, 0.2) is 42.5 Å². The molecule has 110 valence electrons. The summed E-state index contributed by atoms with van der Waals surface area (Å²) in [7, 11) is 2.20. The number of carbonyl (C=O) groups is 1. The minimum atomic E-state index is 0.173. The molecule has 22 heavy (non-hydrogen) atoms. The van der Waals surface area contributed by atoms with Crippen molar-refractivity contribution in [2.75, 3.05) is 31.6 Å². The van der Waals surface area contributed by atoms with Crippen LogP contribution in [-0.2, 0) is 0 Å². The lowest BCUT2D eigenvalue weighted by Gasteiger charge is -2.40. The van der Waals surface area contributed by atoms with E-state index in [2.05, 4.69) is 35.0 Å². The first-order chi connectivity index (χ1) is 10.7. The van der Waals surface area contributed by atoms with E-state index >= 15 is 0 Å². The van der Waals surface area contributed by atoms with Crippen molar-refractivity contribution < 1.29 is 4.79 Å². The maximum absolute atomic E-state index is 12.6. The van der Waals surface area contributed by atoms with Crippen molar-refractivity contribution in [1.29, 1.82) is 0 Å². The topological polar surface area (TPSA) is 23.6 Å². The molecule has 0 N–H and O–H groups in total. The molecule has 3 aliphatic rings. The fraction of sp³-hybridized carbons (Fsp3) is 0.316. The van der Waals surface area contributed by atoms with Crippen LogP contribution >= 0.6 is 0 Å². The van der Waals surface area contributed by atoms with Crippen molar-refractivity contribution >= 4 is 11.5 Å². The molecule has 5 rings (SSSR count). The SMILES string of the molecule is CN1C[C@H]2CN(c3ccc4c(c3)C(=O)c3ccccc3-4)C[C@H]21. The van der Waals surface area contributed by atoms with Crippen LogP contribution in [0.2, 0.25) is 0 Å². The predicted octanol–water partition coefficient (Wildman–Crippen LogP) is 2.65. The highest BCUT2D eigenvalue weighted by Gasteiger charge is 2.43. The molecule has 2 aromatic rings. The Morgan fingerprint density at radius 1 is 0.909 bits per heavy atom. The number of fused-ring (bicyclic) bond motifs is 4. The largest absolute Gasteiger partial charge is 0.370 e. The molecule has 0 aromatic heterocycles. The fourth-order valence-electron chi connectivity index (χ4n) is 4.32. The van der Waals surface area contributed by atoms with E-state index in [-0.39, 0.29) is 5.78 Å². The van der Waals surface area contributed by atoms with Gasteiger partial charge in [0.1, 0.15) is 0 Å². The molecule has 0 radical (unpaired) electrons. The van der Waals surface area contributed by atoms with Crippen LogP contribution in [0.5, 0.6) is 0 Å². The highest BCUT2D eigenvalue weighted by molar-refractivity contribution is 6.22. The van der Waals surface area contributed by atoms with Crippen LogP contribution in [0.25, 0.3) is 11.1 Å². The second-order valence-corrected chi connectivity index (χ2v) is 6.78. The van der Waals surface area contributed by atoms with Crippen molar-refractivity contribution in [2.24, 2.45) is 5.92 Å². The number of carbonyl (C=O) groups excluding carboxylic acids is 1. The first-order valence-electron chi connectivity index (χ1n) is 7.96. The molecule has 0 unspecified atom stereocenters. The summed E-state index contributed by atoms with van der Waals surface area (Å²) in [6, 6.07) is 15.0. The molecule has 3 heteroatoms. The zero-order chi connectivity index (χ0) is 14.8. The second kappa shape index (κ2) is 4.20. The third-order valence-corrected chi connectivity index (χ3v) is 5.57. The Morgan fingerprint density at radius 3 is 2.45 bits per heavy atom. The monoisotopic (exact) mass is 290 g/mol. The number of ketones is 1. The zero-order valence-electron chi connectivity index (χ0n) is 12.6. The van der Waals surface area contributed by atoms with E-state index in [1.807, 2.05) is 24.3 Å². The first kappa shape index (κ1) is 12.4. The van der Waals surface area contributed by atoms with Gasteiger partial charge in [-0.1, -0.05) is 30.3 Å². The molecule has 2 fully saturated rings. The van der Waals surface area contributed by atoms with Gasteiger partial charge in [0.25, 0.3) is 0 Å². The average Bonchev–Trinajstić information content (AvgIpc) is 3.04. The molecule has 0 saturated carbocycles. The van der Waals surface area contributed by atoms with E-state index in [0.717, 1.165) is 41.3 Å². The summed E-state index contributed by atoms with van der Waals surface area (Å²) >= 11 is 0. The Bertz CT molecular complexity index is 798. The first-order valence-corrected chi connectivity index (χ1v) is 7.96. The second-order valence-electron chi connectivity index (χ2n) is 6.78. The molecule has 2 atom stereocenters. The molecular weight excluding hydrogens is 272 g/mol. The number of nitrogens with zero attached hydrogens (tertiary/aromatic N) is 2. The van der Waals surface area contributed by atoms with E-state index in [4.69, 9.17) is 0 Å². The van der Waals surface area contributed by atoms with Gasteiger partial charge in [-0.25, -0.2) is 0 Å². The molecule has 0 spiro atoms. The van der Waals surface area contributed by atoms with Crippen LogP contribution < -0.4 is 4.90 Å². The van der Waals surface area contributed by atoms with Crippen LogP contribution in [0, 0.1) is 5.92 Å². The maximum Gasteiger partial charge on any atom is 0.194 e. The zero-order valence-corrected chi connectivity index (χ0v) is 12.6. The standard InChI is InChI=1S/C19H18N2O/c1-20-9-12-10-21(11-18(12)20)13-6-7-15-14-4-2-3-5-16(14)19(22)17(15)8-13/h2-8,12,18H,9-11H2,1H3/t12-,18+/m0/s1. The summed E-state index contributed by atoms with van der Waals surface area (Å²) in [5, 5.41) is 0. The molecule has 3 nitrogen and oxygen atoms in total. The number of likely N-dealkylation sites (tertiary alicyclic amines) is 1. The Labute approximate surface area is 130 Å². The number of hydrogen-bond acceptors (Lipinski definition) is 3. The van der Waals surface area contributed by atoms with Crippen molar-refractivity contribution in [2.45, 2.75) is 6.04 Å². The van der Waals surface area contributed by atoms with Gasteiger partial charge in [-0.05, 0) is 30.3 Å². The maximum atomic E-state index is 12.6. The highest BCUT2D eigenvalue weighted by atomic mass is 16.1.